The van der Waals surface area contributed by atoms with E-state index in [9.17, 15) is 4.39 Å². The van der Waals surface area contributed by atoms with E-state index >= 15 is 0 Å². The van der Waals surface area contributed by atoms with E-state index in [1.54, 1.807) is 6.92 Å². The molecular formula is C16H22FN3O. The zero-order valence-electron chi connectivity index (χ0n) is 12.9. The Kier molecular flexibility index (Phi) is 5.38. The Labute approximate surface area is 125 Å². The molecule has 0 bridgehead atoms. The summed E-state index contributed by atoms with van der Waals surface area (Å²) in [6.07, 6.45) is 4.74. The van der Waals surface area contributed by atoms with Crippen LogP contribution in [0.15, 0.2) is 6.33 Å². The van der Waals surface area contributed by atoms with Crippen LogP contribution < -0.4 is 9.64 Å². The molecule has 21 heavy (non-hydrogen) atoms. The van der Waals surface area contributed by atoms with Crippen LogP contribution in [0.3, 0.4) is 0 Å². The van der Waals surface area contributed by atoms with E-state index in [1.165, 1.54) is 19.2 Å². The first-order chi connectivity index (χ1) is 10.1. The van der Waals surface area contributed by atoms with Crippen molar-refractivity contribution in [2.75, 3.05) is 18.1 Å². The van der Waals surface area contributed by atoms with Crippen molar-refractivity contribution in [2.24, 2.45) is 5.92 Å². The molecule has 1 fully saturated rings. The highest BCUT2D eigenvalue weighted by Gasteiger charge is 2.26. The molecule has 1 aromatic rings. The van der Waals surface area contributed by atoms with Gasteiger partial charge in [-0.3, -0.25) is 0 Å². The summed E-state index contributed by atoms with van der Waals surface area (Å²) in [5.74, 6) is 5.80. The van der Waals surface area contributed by atoms with Crippen LogP contribution in [0.4, 0.5) is 10.2 Å². The smallest absolute Gasteiger partial charge is 0.256 e. The predicted molar refractivity (Wildman–Crippen MR) is 80.8 cm³/mol. The van der Waals surface area contributed by atoms with Gasteiger partial charge in [-0.15, -0.1) is 5.92 Å². The highest BCUT2D eigenvalue weighted by Crippen LogP contribution is 2.29. The summed E-state index contributed by atoms with van der Waals surface area (Å²) in [5.41, 5.74) is 0. The minimum Gasteiger partial charge on any atom is -0.462 e. The zero-order chi connectivity index (χ0) is 15.2. The van der Waals surface area contributed by atoms with E-state index in [0.717, 1.165) is 13.0 Å². The lowest BCUT2D eigenvalue weighted by atomic mass is 10.1. The lowest BCUT2D eigenvalue weighted by Gasteiger charge is -2.30. The molecule has 0 radical (unpaired) electrons. The molecule has 1 aliphatic rings. The van der Waals surface area contributed by atoms with Gasteiger partial charge in [0.1, 0.15) is 6.33 Å². The van der Waals surface area contributed by atoms with Crippen molar-refractivity contribution in [3.05, 3.63) is 12.1 Å². The van der Waals surface area contributed by atoms with Gasteiger partial charge in [-0.2, -0.15) is 9.37 Å². The highest BCUT2D eigenvalue weighted by molar-refractivity contribution is 5.44. The van der Waals surface area contributed by atoms with Crippen molar-refractivity contribution in [1.29, 1.82) is 0 Å². The van der Waals surface area contributed by atoms with E-state index in [1.807, 2.05) is 4.90 Å². The first kappa shape index (κ1) is 15.6. The van der Waals surface area contributed by atoms with Crippen LogP contribution in [0, 0.1) is 23.6 Å². The first-order valence-corrected chi connectivity index (χ1v) is 7.43. The van der Waals surface area contributed by atoms with E-state index in [2.05, 4.69) is 35.7 Å². The molecule has 0 aliphatic carbocycles. The van der Waals surface area contributed by atoms with Gasteiger partial charge in [0.25, 0.3) is 5.88 Å². The van der Waals surface area contributed by atoms with Gasteiger partial charge in [-0.25, -0.2) is 4.98 Å². The molecule has 0 amide bonds. The Morgan fingerprint density at radius 1 is 1.38 bits per heavy atom. The fourth-order valence-electron chi connectivity index (χ4n) is 2.64. The third kappa shape index (κ3) is 3.84. The monoisotopic (exact) mass is 291 g/mol. The maximum absolute atomic E-state index is 14.6. The summed E-state index contributed by atoms with van der Waals surface area (Å²) in [4.78, 5) is 10.0. The van der Waals surface area contributed by atoms with E-state index in [4.69, 9.17) is 4.74 Å². The van der Waals surface area contributed by atoms with Gasteiger partial charge in [-0.1, -0.05) is 19.3 Å². The van der Waals surface area contributed by atoms with Crippen molar-refractivity contribution < 1.29 is 9.13 Å². The van der Waals surface area contributed by atoms with Crippen LogP contribution in [0.5, 0.6) is 5.88 Å². The molecule has 0 unspecified atom stereocenters. The molecule has 114 valence electrons. The number of hydrogen-bond acceptors (Lipinski definition) is 4. The van der Waals surface area contributed by atoms with Crippen LogP contribution >= 0.6 is 0 Å². The summed E-state index contributed by atoms with van der Waals surface area (Å²) >= 11 is 0. The quantitative estimate of drug-likeness (QED) is 0.802. The van der Waals surface area contributed by atoms with Gasteiger partial charge in [0.15, 0.2) is 12.4 Å². The van der Waals surface area contributed by atoms with E-state index < -0.39 is 5.82 Å². The Morgan fingerprint density at radius 3 is 2.95 bits per heavy atom. The molecule has 0 saturated carbocycles. The molecular weight excluding hydrogens is 269 g/mol. The minimum absolute atomic E-state index is 0.0214. The van der Waals surface area contributed by atoms with Gasteiger partial charge < -0.3 is 9.64 Å². The third-order valence-electron chi connectivity index (χ3n) is 3.83. The first-order valence-electron chi connectivity index (χ1n) is 7.43. The van der Waals surface area contributed by atoms with E-state index in [-0.39, 0.29) is 18.5 Å². The standard InChI is InChI=1S/C16H22FN3O/c1-4-5-9-21-16-14(17)15(18-11-19-16)20-10-12(2)7-6-8-13(20)3/h11-13H,6-10H2,1-3H3/t12-,13+/m1/s1. The van der Waals surface area contributed by atoms with E-state index in [0.29, 0.717) is 11.7 Å². The molecule has 0 aromatic carbocycles. The van der Waals surface area contributed by atoms with Crippen LogP contribution in [0.1, 0.15) is 40.0 Å². The summed E-state index contributed by atoms with van der Waals surface area (Å²) in [6, 6.07) is 0.266. The van der Waals surface area contributed by atoms with Crippen LogP contribution in [-0.2, 0) is 0 Å². The molecule has 5 heteroatoms. The van der Waals surface area contributed by atoms with Crippen LogP contribution in [0.2, 0.25) is 0 Å². The zero-order valence-corrected chi connectivity index (χ0v) is 12.9. The van der Waals surface area contributed by atoms with Crippen LogP contribution in [0.25, 0.3) is 0 Å². The number of anilines is 1. The average Bonchev–Trinajstić information content (AvgIpc) is 2.62. The lowest BCUT2D eigenvalue weighted by Crippen LogP contribution is -2.36. The largest absolute Gasteiger partial charge is 0.462 e. The number of rotatable bonds is 3. The summed E-state index contributed by atoms with van der Waals surface area (Å²) in [5, 5.41) is 0. The van der Waals surface area contributed by atoms with Crippen molar-refractivity contribution in [1.82, 2.24) is 9.97 Å². The van der Waals surface area contributed by atoms with Crippen molar-refractivity contribution >= 4 is 5.82 Å². The number of ether oxygens (including phenoxy) is 1. The number of nitrogens with zero attached hydrogens (tertiary/aromatic N) is 3. The fourth-order valence-corrected chi connectivity index (χ4v) is 2.64. The molecule has 1 saturated heterocycles. The summed E-state index contributed by atoms with van der Waals surface area (Å²) < 4.78 is 19.9. The van der Waals surface area contributed by atoms with Gasteiger partial charge >= 0.3 is 0 Å². The maximum atomic E-state index is 14.6. The number of aromatic nitrogens is 2. The lowest BCUT2D eigenvalue weighted by molar-refractivity contribution is 0.330. The predicted octanol–water partition coefficient (Wildman–Crippen LogP) is 3.03. The minimum atomic E-state index is -0.489. The second-order valence-electron chi connectivity index (χ2n) is 5.57. The molecule has 2 rings (SSSR count). The Hall–Kier alpha value is -1.83. The van der Waals surface area contributed by atoms with Crippen molar-refractivity contribution in [3.8, 4) is 17.7 Å². The Balaban J connectivity index is 2.24. The Morgan fingerprint density at radius 2 is 2.19 bits per heavy atom. The topological polar surface area (TPSA) is 38.3 Å². The number of halogens is 1. The maximum Gasteiger partial charge on any atom is 0.256 e. The fraction of sp³-hybridized carbons (Fsp3) is 0.625. The van der Waals surface area contributed by atoms with Crippen LogP contribution in [-0.4, -0.2) is 29.2 Å². The van der Waals surface area contributed by atoms with Gasteiger partial charge in [0, 0.05) is 12.6 Å². The normalized spacial score (nSPS) is 22.2. The second-order valence-corrected chi connectivity index (χ2v) is 5.57. The molecule has 0 spiro atoms. The Bertz CT molecular complexity index is 538. The molecule has 0 N–H and O–H groups in total. The molecule has 1 aromatic heterocycles. The molecule has 1 aliphatic heterocycles. The second kappa shape index (κ2) is 7.26. The van der Waals surface area contributed by atoms with Gasteiger partial charge in [0.05, 0.1) is 0 Å². The highest BCUT2D eigenvalue weighted by atomic mass is 19.1. The average molecular weight is 291 g/mol. The molecule has 2 heterocycles. The summed E-state index contributed by atoms with van der Waals surface area (Å²) in [6.45, 7) is 6.96. The molecule has 4 nitrogen and oxygen atoms in total. The summed E-state index contributed by atoms with van der Waals surface area (Å²) in [7, 11) is 0. The van der Waals surface area contributed by atoms with Gasteiger partial charge in [-0.05, 0) is 32.6 Å². The third-order valence-corrected chi connectivity index (χ3v) is 3.83. The van der Waals surface area contributed by atoms with Crippen molar-refractivity contribution in [3.63, 3.8) is 0 Å². The molecule has 2 atom stereocenters. The van der Waals surface area contributed by atoms with Gasteiger partial charge in [0.2, 0.25) is 5.82 Å². The SMILES string of the molecule is CC#CCOc1ncnc(N2C[C@H](C)CCC[C@@H]2C)c1F. The number of hydrogen-bond donors (Lipinski definition) is 0. The van der Waals surface area contributed by atoms with Crippen molar-refractivity contribution in [2.45, 2.75) is 46.1 Å².